The van der Waals surface area contributed by atoms with Gasteiger partial charge in [-0.25, -0.2) is 0 Å². The number of alkyl halides is 3. The average Bonchev–Trinajstić information content (AvgIpc) is 3.35. The SMILES string of the molecule is C[C@@H](CO)Cn1cc(CN2CC[C@]3(C[C@@H]2C)OCCc2c3sc(C(F)(F)F)c2CO)cn1. The van der Waals surface area contributed by atoms with Crippen LogP contribution in [0.2, 0.25) is 0 Å². The molecule has 1 spiro atoms. The Labute approximate surface area is 189 Å². The van der Waals surface area contributed by atoms with Gasteiger partial charge in [0.15, 0.2) is 0 Å². The second-order valence-corrected chi connectivity index (χ2v) is 10.1. The summed E-state index contributed by atoms with van der Waals surface area (Å²) in [5.74, 6) is 0.130. The summed E-state index contributed by atoms with van der Waals surface area (Å²) in [6.07, 6.45) is 0.977. The summed E-state index contributed by atoms with van der Waals surface area (Å²) in [7, 11) is 0. The first kappa shape index (κ1) is 23.7. The van der Waals surface area contributed by atoms with E-state index >= 15 is 0 Å². The summed E-state index contributed by atoms with van der Waals surface area (Å²) in [5.41, 5.74) is 1.01. The van der Waals surface area contributed by atoms with Gasteiger partial charge in [0.25, 0.3) is 0 Å². The number of aromatic nitrogens is 2. The first-order chi connectivity index (χ1) is 15.2. The maximum atomic E-state index is 13.6. The molecule has 32 heavy (non-hydrogen) atoms. The van der Waals surface area contributed by atoms with Crippen LogP contribution in [0.5, 0.6) is 0 Å². The van der Waals surface area contributed by atoms with Crippen LogP contribution >= 0.6 is 11.3 Å². The van der Waals surface area contributed by atoms with Crippen LogP contribution in [-0.4, -0.2) is 50.7 Å². The number of rotatable bonds is 6. The molecule has 2 N–H and O–H groups in total. The van der Waals surface area contributed by atoms with E-state index in [0.717, 1.165) is 16.9 Å². The van der Waals surface area contributed by atoms with E-state index in [1.807, 2.05) is 24.0 Å². The van der Waals surface area contributed by atoms with Crippen LogP contribution in [-0.2, 0) is 42.6 Å². The monoisotopic (exact) mass is 473 g/mol. The molecule has 0 unspecified atom stereocenters. The number of likely N-dealkylation sites (tertiary alicyclic amines) is 1. The molecule has 0 radical (unpaired) electrons. The number of hydrogen-bond acceptors (Lipinski definition) is 6. The van der Waals surface area contributed by atoms with Gasteiger partial charge in [0.1, 0.15) is 10.5 Å². The van der Waals surface area contributed by atoms with Crippen LogP contribution in [0.1, 0.15) is 53.1 Å². The molecule has 2 aromatic heterocycles. The first-order valence-corrected chi connectivity index (χ1v) is 11.8. The van der Waals surface area contributed by atoms with Crippen molar-refractivity contribution in [1.29, 1.82) is 0 Å². The highest BCUT2D eigenvalue weighted by Crippen LogP contribution is 2.51. The fourth-order valence-corrected chi connectivity index (χ4v) is 6.38. The van der Waals surface area contributed by atoms with E-state index in [2.05, 4.69) is 16.9 Å². The molecule has 0 saturated carbocycles. The zero-order valence-corrected chi connectivity index (χ0v) is 19.2. The van der Waals surface area contributed by atoms with Crippen LogP contribution in [0.25, 0.3) is 0 Å². The average molecular weight is 474 g/mol. The number of thiophene rings is 1. The van der Waals surface area contributed by atoms with Crippen LogP contribution in [0, 0.1) is 5.92 Å². The number of aliphatic hydroxyl groups is 2. The molecule has 2 aromatic rings. The zero-order chi connectivity index (χ0) is 23.1. The van der Waals surface area contributed by atoms with Gasteiger partial charge in [-0.3, -0.25) is 9.58 Å². The van der Waals surface area contributed by atoms with Gasteiger partial charge in [0.2, 0.25) is 0 Å². The molecule has 1 saturated heterocycles. The lowest BCUT2D eigenvalue weighted by atomic mass is 9.81. The molecule has 4 rings (SSSR count). The van der Waals surface area contributed by atoms with Gasteiger partial charge in [0.05, 0.1) is 19.4 Å². The Morgan fingerprint density at radius 3 is 2.81 bits per heavy atom. The molecule has 3 atom stereocenters. The Bertz CT molecular complexity index is 945. The number of ether oxygens (including phenoxy) is 1. The van der Waals surface area contributed by atoms with E-state index in [4.69, 9.17) is 4.74 Å². The molecule has 2 aliphatic heterocycles. The van der Waals surface area contributed by atoms with Crippen molar-refractivity contribution in [3.8, 4) is 0 Å². The lowest BCUT2D eigenvalue weighted by Gasteiger charge is -2.47. The second kappa shape index (κ2) is 9.06. The summed E-state index contributed by atoms with van der Waals surface area (Å²) in [6.45, 7) is 5.99. The van der Waals surface area contributed by atoms with Crippen LogP contribution in [0.4, 0.5) is 13.2 Å². The van der Waals surface area contributed by atoms with Crippen molar-refractivity contribution in [3.05, 3.63) is 38.8 Å². The Morgan fingerprint density at radius 2 is 2.16 bits per heavy atom. The van der Waals surface area contributed by atoms with Crippen molar-refractivity contribution >= 4 is 11.3 Å². The molecule has 2 aliphatic rings. The molecule has 10 heteroatoms. The van der Waals surface area contributed by atoms with Gasteiger partial charge in [-0.05, 0) is 37.7 Å². The summed E-state index contributed by atoms with van der Waals surface area (Å²) in [6, 6.07) is 0.114. The molecule has 0 aromatic carbocycles. The third kappa shape index (κ3) is 4.48. The maximum absolute atomic E-state index is 13.6. The van der Waals surface area contributed by atoms with Gasteiger partial charge in [-0.15, -0.1) is 11.3 Å². The van der Waals surface area contributed by atoms with E-state index in [9.17, 15) is 23.4 Å². The third-order valence-corrected chi connectivity index (χ3v) is 8.12. The minimum atomic E-state index is -4.47. The molecule has 4 heterocycles. The molecule has 6 nitrogen and oxygen atoms in total. The smallest absolute Gasteiger partial charge is 0.396 e. The van der Waals surface area contributed by atoms with Crippen LogP contribution in [0.3, 0.4) is 0 Å². The minimum absolute atomic E-state index is 0.0276. The molecule has 0 amide bonds. The van der Waals surface area contributed by atoms with Crippen molar-refractivity contribution in [1.82, 2.24) is 14.7 Å². The Kier molecular flexibility index (Phi) is 6.71. The van der Waals surface area contributed by atoms with Gasteiger partial charge < -0.3 is 14.9 Å². The summed E-state index contributed by atoms with van der Waals surface area (Å²) < 4.78 is 48.8. The topological polar surface area (TPSA) is 70.8 Å². The molecular weight excluding hydrogens is 443 g/mol. The lowest BCUT2D eigenvalue weighted by Crippen LogP contribution is -2.50. The maximum Gasteiger partial charge on any atom is 0.425 e. The molecule has 0 bridgehead atoms. The summed E-state index contributed by atoms with van der Waals surface area (Å²) in [4.78, 5) is 2.28. The van der Waals surface area contributed by atoms with Crippen molar-refractivity contribution in [3.63, 3.8) is 0 Å². The fraction of sp³-hybridized carbons (Fsp3) is 0.682. The number of hydrogen-bond donors (Lipinski definition) is 2. The largest absolute Gasteiger partial charge is 0.425 e. The van der Waals surface area contributed by atoms with Gasteiger partial charge in [0, 0.05) is 54.5 Å². The van der Waals surface area contributed by atoms with E-state index in [1.54, 1.807) is 0 Å². The number of aliphatic hydroxyl groups excluding tert-OH is 2. The van der Waals surface area contributed by atoms with Crippen molar-refractivity contribution in [2.75, 3.05) is 19.8 Å². The summed E-state index contributed by atoms with van der Waals surface area (Å²) >= 11 is 0.755. The number of piperidine rings is 1. The van der Waals surface area contributed by atoms with E-state index in [1.165, 1.54) is 0 Å². The van der Waals surface area contributed by atoms with Gasteiger partial charge in [-0.2, -0.15) is 18.3 Å². The summed E-state index contributed by atoms with van der Waals surface area (Å²) in [5, 5.41) is 23.3. The first-order valence-electron chi connectivity index (χ1n) is 11.0. The predicted molar refractivity (Wildman–Crippen MR) is 114 cm³/mol. The van der Waals surface area contributed by atoms with E-state index < -0.39 is 23.3 Å². The standard InChI is InChI=1S/C22H30F3N3O3S/c1-14(12-29)9-28-11-16(8-26-28)10-27-5-4-21(7-15(27)2)19-17(3-6-31-21)18(13-30)20(32-19)22(23,24)25/h8,11,14-15,29-30H,3-7,9-10,12-13H2,1-2H3/t14-,15+,21-/m1/s1. The second-order valence-electron chi connectivity index (χ2n) is 9.10. The Hall–Kier alpha value is -1.46. The van der Waals surface area contributed by atoms with Crippen molar-refractivity contribution < 1.29 is 28.1 Å². The predicted octanol–water partition coefficient (Wildman–Crippen LogP) is 3.54. The minimum Gasteiger partial charge on any atom is -0.396 e. The molecule has 178 valence electrons. The number of nitrogens with zero attached hydrogens (tertiary/aromatic N) is 3. The Balaban J connectivity index is 1.51. The van der Waals surface area contributed by atoms with Gasteiger partial charge >= 0.3 is 6.18 Å². The van der Waals surface area contributed by atoms with Crippen molar-refractivity contribution in [2.45, 2.75) is 70.6 Å². The fourth-order valence-electron chi connectivity index (χ4n) is 4.97. The molecule has 0 aliphatic carbocycles. The highest BCUT2D eigenvalue weighted by atomic mass is 32.1. The quantitative estimate of drug-likeness (QED) is 0.672. The van der Waals surface area contributed by atoms with E-state index in [-0.39, 0.29) is 24.1 Å². The normalized spacial score (nSPS) is 25.3. The van der Waals surface area contributed by atoms with Crippen molar-refractivity contribution in [2.24, 2.45) is 5.92 Å². The highest BCUT2D eigenvalue weighted by Gasteiger charge is 2.48. The Morgan fingerprint density at radius 1 is 1.38 bits per heavy atom. The van der Waals surface area contributed by atoms with Crippen LogP contribution < -0.4 is 0 Å². The molecule has 1 fully saturated rings. The number of halogens is 3. The van der Waals surface area contributed by atoms with Gasteiger partial charge in [-0.1, -0.05) is 6.92 Å². The van der Waals surface area contributed by atoms with Crippen LogP contribution in [0.15, 0.2) is 12.4 Å². The lowest BCUT2D eigenvalue weighted by molar-refractivity contribution is -0.135. The highest BCUT2D eigenvalue weighted by molar-refractivity contribution is 7.12. The zero-order valence-electron chi connectivity index (χ0n) is 18.4. The number of fused-ring (bicyclic) bond motifs is 2. The molecular formula is C22H30F3N3O3S. The van der Waals surface area contributed by atoms with E-state index in [0.29, 0.717) is 55.9 Å². The third-order valence-electron chi connectivity index (χ3n) is 6.61.